The summed E-state index contributed by atoms with van der Waals surface area (Å²) in [4.78, 5) is 28.0. The Hall–Kier alpha value is -2.93. The number of nitrogens with zero attached hydrogens (tertiary/aromatic N) is 3. The van der Waals surface area contributed by atoms with Crippen molar-refractivity contribution in [2.45, 2.75) is 13.0 Å². The summed E-state index contributed by atoms with van der Waals surface area (Å²) < 4.78 is 5.31. The Balaban J connectivity index is 1.93. The number of amides is 1. The first-order chi connectivity index (χ1) is 13.0. The van der Waals surface area contributed by atoms with Crippen molar-refractivity contribution < 1.29 is 14.5 Å². The van der Waals surface area contributed by atoms with Crippen molar-refractivity contribution in [1.29, 1.82) is 0 Å². The number of nitro benzene ring substituents is 1. The summed E-state index contributed by atoms with van der Waals surface area (Å²) in [5.74, 6) is -0.0276. The topological polar surface area (TPSA) is 75.9 Å². The number of likely N-dealkylation sites (N-methyl/N-ethyl adjacent to an activating group) is 1. The molecule has 0 N–H and O–H groups in total. The molecule has 2 aromatic rings. The number of ether oxygens (including phenoxy) is 1. The van der Waals surface area contributed by atoms with Crippen LogP contribution in [0.5, 0.6) is 5.75 Å². The van der Waals surface area contributed by atoms with Crippen LogP contribution in [0.25, 0.3) is 0 Å². The van der Waals surface area contributed by atoms with Crippen LogP contribution < -0.4 is 4.74 Å². The van der Waals surface area contributed by atoms with Crippen molar-refractivity contribution in [2.75, 3.05) is 33.3 Å². The molecular formula is C20H23N3O4. The van der Waals surface area contributed by atoms with Crippen LogP contribution in [-0.4, -0.2) is 53.9 Å². The van der Waals surface area contributed by atoms with Gasteiger partial charge in [0.1, 0.15) is 0 Å². The Kier molecular flexibility index (Phi) is 5.71. The average Bonchev–Trinajstić information content (AvgIpc) is 2.68. The van der Waals surface area contributed by atoms with E-state index in [9.17, 15) is 14.9 Å². The van der Waals surface area contributed by atoms with Crippen LogP contribution in [0.15, 0.2) is 48.5 Å². The van der Waals surface area contributed by atoms with Crippen molar-refractivity contribution >= 4 is 11.6 Å². The van der Waals surface area contributed by atoms with Gasteiger partial charge in [-0.25, -0.2) is 0 Å². The predicted molar refractivity (Wildman–Crippen MR) is 102 cm³/mol. The Morgan fingerprint density at radius 3 is 2.63 bits per heavy atom. The standard InChI is InChI=1S/C20H23N3O4/c1-3-27-19-10-9-16(13-17(19)23(25)26)20(24)22-12-11-21(2)14-18(22)15-7-5-4-6-8-15/h4-10,13,18H,3,11-12,14H2,1-2H3. The molecule has 0 spiro atoms. The summed E-state index contributed by atoms with van der Waals surface area (Å²) in [6.45, 7) is 4.12. The van der Waals surface area contributed by atoms with Crippen LogP contribution in [0.3, 0.4) is 0 Å². The zero-order valence-electron chi connectivity index (χ0n) is 15.5. The SMILES string of the molecule is CCOc1ccc(C(=O)N2CCN(C)CC2c2ccccc2)cc1[N+](=O)[O-]. The monoisotopic (exact) mass is 369 g/mol. The fraction of sp³-hybridized carbons (Fsp3) is 0.350. The third-order valence-electron chi connectivity index (χ3n) is 4.73. The molecule has 7 heteroatoms. The van der Waals surface area contributed by atoms with Crippen molar-refractivity contribution in [3.8, 4) is 5.75 Å². The van der Waals surface area contributed by atoms with E-state index in [0.717, 1.165) is 18.7 Å². The highest BCUT2D eigenvalue weighted by Gasteiger charge is 2.31. The van der Waals surface area contributed by atoms with Gasteiger partial charge in [0.05, 0.1) is 17.6 Å². The van der Waals surface area contributed by atoms with Gasteiger partial charge in [-0.2, -0.15) is 0 Å². The van der Waals surface area contributed by atoms with Crippen molar-refractivity contribution in [1.82, 2.24) is 9.80 Å². The van der Waals surface area contributed by atoms with Gasteiger partial charge in [0.15, 0.2) is 5.75 Å². The Morgan fingerprint density at radius 1 is 1.22 bits per heavy atom. The van der Waals surface area contributed by atoms with Gasteiger partial charge in [0.25, 0.3) is 5.91 Å². The van der Waals surface area contributed by atoms with E-state index in [-0.39, 0.29) is 23.4 Å². The van der Waals surface area contributed by atoms with E-state index in [1.54, 1.807) is 17.9 Å². The molecule has 27 heavy (non-hydrogen) atoms. The summed E-state index contributed by atoms with van der Waals surface area (Å²) in [7, 11) is 2.03. The largest absolute Gasteiger partial charge is 0.487 e. The van der Waals surface area contributed by atoms with Crippen molar-refractivity contribution in [3.63, 3.8) is 0 Å². The number of carbonyl (C=O) groups excluding carboxylic acids is 1. The lowest BCUT2D eigenvalue weighted by molar-refractivity contribution is -0.385. The van der Waals surface area contributed by atoms with E-state index in [2.05, 4.69) is 4.90 Å². The molecule has 1 unspecified atom stereocenters. The van der Waals surface area contributed by atoms with E-state index in [1.807, 2.05) is 37.4 Å². The molecule has 2 aromatic carbocycles. The second-order valence-electron chi connectivity index (χ2n) is 6.56. The minimum atomic E-state index is -0.513. The molecular weight excluding hydrogens is 346 g/mol. The molecule has 7 nitrogen and oxygen atoms in total. The maximum atomic E-state index is 13.2. The van der Waals surface area contributed by atoms with E-state index in [4.69, 9.17) is 4.74 Å². The molecule has 0 aromatic heterocycles. The van der Waals surface area contributed by atoms with Gasteiger partial charge in [0.2, 0.25) is 0 Å². The van der Waals surface area contributed by atoms with E-state index in [1.165, 1.54) is 12.1 Å². The number of piperazine rings is 1. The quantitative estimate of drug-likeness (QED) is 0.598. The minimum Gasteiger partial charge on any atom is -0.487 e. The number of nitro groups is 1. The Labute approximate surface area is 158 Å². The summed E-state index contributed by atoms with van der Waals surface area (Å²) in [5.41, 5.74) is 1.17. The normalized spacial score (nSPS) is 17.6. The molecule has 1 fully saturated rings. The molecule has 1 atom stereocenters. The molecule has 1 amide bonds. The van der Waals surface area contributed by atoms with E-state index in [0.29, 0.717) is 18.7 Å². The van der Waals surface area contributed by atoms with Crippen molar-refractivity contribution in [3.05, 3.63) is 69.8 Å². The third-order valence-corrected chi connectivity index (χ3v) is 4.73. The van der Waals surface area contributed by atoms with Crippen LogP contribution >= 0.6 is 0 Å². The maximum absolute atomic E-state index is 13.2. The van der Waals surface area contributed by atoms with E-state index < -0.39 is 4.92 Å². The lowest BCUT2D eigenvalue weighted by atomic mass is 10.0. The summed E-state index contributed by atoms with van der Waals surface area (Å²) in [6.07, 6.45) is 0. The summed E-state index contributed by atoms with van der Waals surface area (Å²) in [6, 6.07) is 14.2. The van der Waals surface area contributed by atoms with Crippen LogP contribution in [0, 0.1) is 10.1 Å². The minimum absolute atomic E-state index is 0.0944. The summed E-state index contributed by atoms with van der Waals surface area (Å²) in [5, 5.41) is 11.4. The lowest BCUT2D eigenvalue weighted by Gasteiger charge is -2.40. The van der Waals surface area contributed by atoms with Crippen molar-refractivity contribution in [2.24, 2.45) is 0 Å². The van der Waals surface area contributed by atoms with Gasteiger partial charge in [-0.15, -0.1) is 0 Å². The smallest absolute Gasteiger partial charge is 0.311 e. The van der Waals surface area contributed by atoms with Gasteiger partial charge in [0, 0.05) is 31.3 Å². The first-order valence-electron chi connectivity index (χ1n) is 8.97. The second-order valence-corrected chi connectivity index (χ2v) is 6.56. The third kappa shape index (κ3) is 4.09. The zero-order valence-corrected chi connectivity index (χ0v) is 15.5. The highest BCUT2D eigenvalue weighted by Crippen LogP contribution is 2.31. The number of rotatable bonds is 5. The maximum Gasteiger partial charge on any atom is 0.311 e. The van der Waals surface area contributed by atoms with E-state index >= 15 is 0 Å². The summed E-state index contributed by atoms with van der Waals surface area (Å²) >= 11 is 0. The molecule has 0 aliphatic carbocycles. The Morgan fingerprint density at radius 2 is 1.96 bits per heavy atom. The second kappa shape index (κ2) is 8.18. The van der Waals surface area contributed by atoms with Gasteiger partial charge in [-0.3, -0.25) is 14.9 Å². The zero-order chi connectivity index (χ0) is 19.4. The lowest BCUT2D eigenvalue weighted by Crippen LogP contribution is -2.49. The number of benzene rings is 2. The fourth-order valence-electron chi connectivity index (χ4n) is 3.36. The molecule has 1 aliphatic rings. The molecule has 1 aliphatic heterocycles. The number of hydrogen-bond acceptors (Lipinski definition) is 5. The molecule has 0 radical (unpaired) electrons. The predicted octanol–water partition coefficient (Wildman–Crippen LogP) is 3.12. The first-order valence-corrected chi connectivity index (χ1v) is 8.97. The molecule has 142 valence electrons. The molecule has 3 rings (SSSR count). The van der Waals surface area contributed by atoms with Crippen LogP contribution in [0.4, 0.5) is 5.69 Å². The molecule has 0 bridgehead atoms. The number of hydrogen-bond donors (Lipinski definition) is 0. The van der Waals surface area contributed by atoms with Crippen LogP contribution in [0.2, 0.25) is 0 Å². The fourth-order valence-corrected chi connectivity index (χ4v) is 3.36. The Bertz CT molecular complexity index is 825. The first kappa shape index (κ1) is 18.8. The molecule has 1 heterocycles. The molecule has 1 saturated heterocycles. The van der Waals surface area contributed by atoms with Gasteiger partial charge >= 0.3 is 5.69 Å². The van der Waals surface area contributed by atoms with Crippen LogP contribution in [-0.2, 0) is 0 Å². The molecule has 0 saturated carbocycles. The van der Waals surface area contributed by atoms with Crippen LogP contribution in [0.1, 0.15) is 28.9 Å². The van der Waals surface area contributed by atoms with Gasteiger partial charge in [-0.05, 0) is 31.7 Å². The number of carbonyl (C=O) groups is 1. The average molecular weight is 369 g/mol. The highest BCUT2D eigenvalue weighted by atomic mass is 16.6. The van der Waals surface area contributed by atoms with Gasteiger partial charge < -0.3 is 14.5 Å². The van der Waals surface area contributed by atoms with Gasteiger partial charge in [-0.1, -0.05) is 30.3 Å². The highest BCUT2D eigenvalue weighted by molar-refractivity contribution is 5.95.